The van der Waals surface area contributed by atoms with E-state index in [-0.39, 0.29) is 23.0 Å². The van der Waals surface area contributed by atoms with Crippen LogP contribution in [0.5, 0.6) is 0 Å². The summed E-state index contributed by atoms with van der Waals surface area (Å²) >= 11 is 0. The minimum absolute atomic E-state index is 0.0328. The second-order valence-electron chi connectivity index (χ2n) is 6.15. The van der Waals surface area contributed by atoms with E-state index in [9.17, 15) is 8.42 Å². The fourth-order valence-corrected chi connectivity index (χ4v) is 3.77. The molecule has 1 unspecified atom stereocenters. The van der Waals surface area contributed by atoms with Gasteiger partial charge in [-0.3, -0.25) is 0 Å². The van der Waals surface area contributed by atoms with E-state index in [1.54, 1.807) is 12.4 Å². The third-order valence-corrected chi connectivity index (χ3v) is 4.91. The van der Waals surface area contributed by atoms with Crippen LogP contribution in [0.15, 0.2) is 12.4 Å². The number of hydrogen-bond donors (Lipinski definition) is 1. The fraction of sp³-hybridized carbons (Fsp3) is 0.692. The van der Waals surface area contributed by atoms with E-state index in [0.717, 1.165) is 5.56 Å². The van der Waals surface area contributed by atoms with Crippen LogP contribution in [0.2, 0.25) is 0 Å². The topological polar surface area (TPSA) is 72.0 Å². The highest BCUT2D eigenvalue weighted by atomic mass is 32.2. The first-order chi connectivity index (χ1) is 8.75. The van der Waals surface area contributed by atoms with Crippen LogP contribution in [0.4, 0.5) is 0 Å². The van der Waals surface area contributed by atoms with E-state index >= 15 is 0 Å². The van der Waals surface area contributed by atoms with E-state index in [1.807, 2.05) is 0 Å². The molecule has 1 fully saturated rings. The Balaban J connectivity index is 1.99. The van der Waals surface area contributed by atoms with Gasteiger partial charge in [-0.2, -0.15) is 0 Å². The molecule has 2 rings (SSSR count). The predicted molar refractivity (Wildman–Crippen MR) is 74.6 cm³/mol. The molecule has 1 N–H and O–H groups in total. The molecule has 5 nitrogen and oxygen atoms in total. The first-order valence-electron chi connectivity index (χ1n) is 6.51. The summed E-state index contributed by atoms with van der Waals surface area (Å²) in [5.74, 6) is 1.07. The van der Waals surface area contributed by atoms with Gasteiger partial charge in [0.2, 0.25) is 0 Å². The highest BCUT2D eigenvalue weighted by Crippen LogP contribution is 2.26. The normalized spacial score (nSPS) is 22.6. The molecule has 0 radical (unpaired) electrons. The summed E-state index contributed by atoms with van der Waals surface area (Å²) in [4.78, 5) is 8.62. The number of nitrogens with zero attached hydrogens (tertiary/aromatic N) is 2. The van der Waals surface area contributed by atoms with Crippen LogP contribution in [0, 0.1) is 0 Å². The molecule has 1 aliphatic rings. The Morgan fingerprint density at radius 1 is 1.32 bits per heavy atom. The molecule has 6 heteroatoms. The molecule has 1 saturated heterocycles. The molecule has 1 aromatic heterocycles. The first kappa shape index (κ1) is 14.4. The van der Waals surface area contributed by atoms with Crippen LogP contribution in [0.25, 0.3) is 0 Å². The SMILES string of the molecule is CC(C)(C)NCc1cnc(C2CCS(=O)(=O)C2)nc1. The van der Waals surface area contributed by atoms with Crippen LogP contribution in [0.1, 0.15) is 44.5 Å². The van der Waals surface area contributed by atoms with Crippen LogP contribution >= 0.6 is 0 Å². The average molecular weight is 283 g/mol. The molecule has 0 saturated carbocycles. The molecular formula is C13H21N3O2S. The van der Waals surface area contributed by atoms with Gasteiger partial charge in [-0.05, 0) is 27.2 Å². The number of nitrogens with one attached hydrogen (secondary N) is 1. The van der Waals surface area contributed by atoms with Gasteiger partial charge in [0, 0.05) is 36.0 Å². The van der Waals surface area contributed by atoms with Crippen molar-refractivity contribution < 1.29 is 8.42 Å². The van der Waals surface area contributed by atoms with Gasteiger partial charge in [0.1, 0.15) is 5.82 Å². The lowest BCUT2D eigenvalue weighted by molar-refractivity contribution is 0.423. The van der Waals surface area contributed by atoms with Crippen molar-refractivity contribution in [1.29, 1.82) is 0 Å². The second kappa shape index (κ2) is 5.17. The van der Waals surface area contributed by atoms with Gasteiger partial charge in [0.05, 0.1) is 11.5 Å². The zero-order valence-electron chi connectivity index (χ0n) is 11.7. The number of aromatic nitrogens is 2. The lowest BCUT2D eigenvalue weighted by Crippen LogP contribution is -2.35. The lowest BCUT2D eigenvalue weighted by atomic mass is 10.1. The summed E-state index contributed by atoms with van der Waals surface area (Å²) < 4.78 is 22.9. The summed E-state index contributed by atoms with van der Waals surface area (Å²) in [6.07, 6.45) is 4.21. The maximum atomic E-state index is 11.4. The molecule has 106 valence electrons. The van der Waals surface area contributed by atoms with E-state index in [1.165, 1.54) is 0 Å². The van der Waals surface area contributed by atoms with E-state index < -0.39 is 9.84 Å². The highest BCUT2D eigenvalue weighted by molar-refractivity contribution is 7.91. The van der Waals surface area contributed by atoms with Gasteiger partial charge >= 0.3 is 0 Å². The molecule has 19 heavy (non-hydrogen) atoms. The lowest BCUT2D eigenvalue weighted by Gasteiger charge is -2.20. The van der Waals surface area contributed by atoms with Gasteiger partial charge in [-0.1, -0.05) is 0 Å². The maximum Gasteiger partial charge on any atom is 0.151 e. The van der Waals surface area contributed by atoms with Gasteiger partial charge in [-0.15, -0.1) is 0 Å². The molecule has 0 aromatic carbocycles. The van der Waals surface area contributed by atoms with Crippen LogP contribution < -0.4 is 5.32 Å². The summed E-state index contributed by atoms with van der Waals surface area (Å²) in [6.45, 7) is 7.02. The van der Waals surface area contributed by atoms with E-state index in [2.05, 4.69) is 36.1 Å². The van der Waals surface area contributed by atoms with E-state index in [0.29, 0.717) is 18.8 Å². The molecule has 2 heterocycles. The van der Waals surface area contributed by atoms with Crippen molar-refractivity contribution >= 4 is 9.84 Å². The number of sulfone groups is 1. The molecule has 1 atom stereocenters. The van der Waals surface area contributed by atoms with Crippen molar-refractivity contribution in [1.82, 2.24) is 15.3 Å². The number of hydrogen-bond acceptors (Lipinski definition) is 5. The zero-order valence-corrected chi connectivity index (χ0v) is 12.5. The molecule has 0 bridgehead atoms. The quantitative estimate of drug-likeness (QED) is 0.904. The smallest absolute Gasteiger partial charge is 0.151 e. The molecule has 0 aliphatic carbocycles. The number of rotatable bonds is 3. The Labute approximate surface area is 114 Å². The summed E-state index contributed by atoms with van der Waals surface area (Å²) in [5, 5.41) is 3.36. The Kier molecular flexibility index (Phi) is 3.92. The summed E-state index contributed by atoms with van der Waals surface area (Å²) in [6, 6.07) is 0. The molecular weight excluding hydrogens is 262 g/mol. The van der Waals surface area contributed by atoms with Crippen molar-refractivity contribution in [3.8, 4) is 0 Å². The van der Waals surface area contributed by atoms with Crippen molar-refractivity contribution in [3.05, 3.63) is 23.8 Å². The van der Waals surface area contributed by atoms with Gasteiger partial charge in [-0.25, -0.2) is 18.4 Å². The average Bonchev–Trinajstić information content (AvgIpc) is 2.67. The molecule has 0 spiro atoms. The molecule has 0 amide bonds. The van der Waals surface area contributed by atoms with Gasteiger partial charge in [0.25, 0.3) is 0 Å². The second-order valence-corrected chi connectivity index (χ2v) is 8.38. The Hall–Kier alpha value is -1.01. The predicted octanol–water partition coefficient (Wildman–Crippen LogP) is 1.27. The third-order valence-electron chi connectivity index (χ3n) is 3.15. The molecule has 1 aromatic rings. The van der Waals surface area contributed by atoms with Crippen molar-refractivity contribution in [2.75, 3.05) is 11.5 Å². The largest absolute Gasteiger partial charge is 0.308 e. The molecule has 1 aliphatic heterocycles. The van der Waals surface area contributed by atoms with Crippen molar-refractivity contribution in [3.63, 3.8) is 0 Å². The van der Waals surface area contributed by atoms with Crippen molar-refractivity contribution in [2.24, 2.45) is 0 Å². The maximum absolute atomic E-state index is 11.4. The highest BCUT2D eigenvalue weighted by Gasteiger charge is 2.30. The first-order valence-corrected chi connectivity index (χ1v) is 8.34. The summed E-state index contributed by atoms with van der Waals surface area (Å²) in [7, 11) is -2.88. The van der Waals surface area contributed by atoms with Crippen molar-refractivity contribution in [2.45, 2.75) is 45.2 Å². The van der Waals surface area contributed by atoms with E-state index in [4.69, 9.17) is 0 Å². The van der Waals surface area contributed by atoms with Gasteiger partial charge < -0.3 is 5.32 Å². The minimum Gasteiger partial charge on any atom is -0.308 e. The Morgan fingerprint density at radius 3 is 2.42 bits per heavy atom. The van der Waals surface area contributed by atoms with Gasteiger partial charge in [0.15, 0.2) is 9.84 Å². The zero-order chi connectivity index (χ0) is 14.1. The standard InChI is InChI=1S/C13H21N3O2S/c1-13(2,3)16-8-10-6-14-12(15-7-10)11-4-5-19(17,18)9-11/h6-7,11,16H,4-5,8-9H2,1-3H3. The summed E-state index contributed by atoms with van der Waals surface area (Å²) in [5.41, 5.74) is 1.07. The minimum atomic E-state index is -2.88. The Bertz CT molecular complexity index is 532. The van der Waals surface area contributed by atoms with Crippen LogP contribution in [-0.4, -0.2) is 35.4 Å². The Morgan fingerprint density at radius 2 is 1.95 bits per heavy atom. The third kappa shape index (κ3) is 4.24. The fourth-order valence-electron chi connectivity index (χ4n) is 2.03. The monoisotopic (exact) mass is 283 g/mol. The van der Waals surface area contributed by atoms with Crippen LogP contribution in [-0.2, 0) is 16.4 Å². The van der Waals surface area contributed by atoms with Crippen LogP contribution in [0.3, 0.4) is 0 Å².